The summed E-state index contributed by atoms with van der Waals surface area (Å²) in [4.78, 5) is 4.96. The molecule has 4 rings (SSSR count). The predicted molar refractivity (Wildman–Crippen MR) is 72.2 cm³/mol. The van der Waals surface area contributed by atoms with Gasteiger partial charge in [0.25, 0.3) is 0 Å². The molecule has 2 bridgehead atoms. The van der Waals surface area contributed by atoms with E-state index in [0.717, 1.165) is 17.4 Å². The number of hydrogen-bond acceptors (Lipinski definition) is 2. The van der Waals surface area contributed by atoms with Crippen LogP contribution in [0.1, 0.15) is 44.9 Å². The molecule has 0 aromatic heterocycles. The molecule has 17 heavy (non-hydrogen) atoms. The first-order valence-electron chi connectivity index (χ1n) is 7.56. The topological polar surface area (TPSA) is 6.48 Å². The molecule has 2 nitrogen and oxygen atoms in total. The normalized spacial score (nSPS) is 39.2. The summed E-state index contributed by atoms with van der Waals surface area (Å²) in [5, 5.41) is 0. The number of likely N-dealkylation sites (tertiary alicyclic amines) is 2. The molecule has 2 saturated heterocycles. The summed E-state index contributed by atoms with van der Waals surface area (Å²) in [5.74, 6) is 1.07. The zero-order chi connectivity index (χ0) is 11.9. The Morgan fingerprint density at radius 3 is 2.00 bits per heavy atom. The van der Waals surface area contributed by atoms with Gasteiger partial charge in [-0.25, -0.2) is 0 Å². The van der Waals surface area contributed by atoms with Crippen LogP contribution in [0.3, 0.4) is 0 Å². The molecule has 2 saturated carbocycles. The molecule has 98 valence electrons. The molecule has 2 unspecified atom stereocenters. The predicted octanol–water partition coefficient (Wildman–Crippen LogP) is 2.59. The van der Waals surface area contributed by atoms with Gasteiger partial charge in [0.05, 0.1) is 0 Å². The molecule has 4 fully saturated rings. The van der Waals surface area contributed by atoms with E-state index in [-0.39, 0.29) is 0 Å². The lowest BCUT2D eigenvalue weighted by atomic mass is 9.94. The summed E-state index contributed by atoms with van der Waals surface area (Å²) >= 11 is 0. The van der Waals surface area contributed by atoms with Crippen molar-refractivity contribution in [3.8, 4) is 0 Å². The number of piperidine rings is 2. The van der Waals surface area contributed by atoms with Gasteiger partial charge >= 0.3 is 0 Å². The SMILES string of the molecule is CN1CC2CCC1C2.CN1CCC2(CC1)CC2. The van der Waals surface area contributed by atoms with Crippen molar-refractivity contribution in [2.24, 2.45) is 11.3 Å². The van der Waals surface area contributed by atoms with Crippen LogP contribution in [0.5, 0.6) is 0 Å². The van der Waals surface area contributed by atoms with Gasteiger partial charge in [0.1, 0.15) is 0 Å². The summed E-state index contributed by atoms with van der Waals surface area (Å²) in [5.41, 5.74) is 0.868. The van der Waals surface area contributed by atoms with E-state index in [1.165, 1.54) is 64.6 Å². The second-order valence-corrected chi connectivity index (χ2v) is 7.08. The average molecular weight is 236 g/mol. The van der Waals surface area contributed by atoms with Gasteiger partial charge < -0.3 is 9.80 Å². The minimum absolute atomic E-state index is 0.868. The van der Waals surface area contributed by atoms with E-state index in [4.69, 9.17) is 0 Å². The molecular weight excluding hydrogens is 208 g/mol. The van der Waals surface area contributed by atoms with Crippen molar-refractivity contribution in [2.45, 2.75) is 51.0 Å². The minimum atomic E-state index is 0.868. The Balaban J connectivity index is 0.000000107. The van der Waals surface area contributed by atoms with Crippen LogP contribution >= 0.6 is 0 Å². The van der Waals surface area contributed by atoms with Crippen molar-refractivity contribution in [3.05, 3.63) is 0 Å². The average Bonchev–Trinajstić information content (AvgIpc) is 2.78. The Labute approximate surface area is 106 Å². The Kier molecular flexibility index (Phi) is 3.20. The maximum absolute atomic E-state index is 2.51. The summed E-state index contributed by atoms with van der Waals surface area (Å²) in [6, 6.07) is 0.972. The zero-order valence-corrected chi connectivity index (χ0v) is 11.6. The highest BCUT2D eigenvalue weighted by Crippen LogP contribution is 2.53. The molecule has 0 radical (unpaired) electrons. The van der Waals surface area contributed by atoms with Gasteiger partial charge in [0.15, 0.2) is 0 Å². The molecule has 2 heterocycles. The lowest BCUT2D eigenvalue weighted by molar-refractivity contribution is 0.206. The van der Waals surface area contributed by atoms with Gasteiger partial charge in [-0.15, -0.1) is 0 Å². The van der Waals surface area contributed by atoms with Crippen LogP contribution in [0.25, 0.3) is 0 Å². The van der Waals surface area contributed by atoms with E-state index >= 15 is 0 Å². The number of hydrogen-bond donors (Lipinski definition) is 0. The highest BCUT2D eigenvalue weighted by atomic mass is 15.2. The first-order valence-corrected chi connectivity index (χ1v) is 7.56. The van der Waals surface area contributed by atoms with Crippen LogP contribution in [-0.4, -0.2) is 49.6 Å². The Bertz CT molecular complexity index is 260. The van der Waals surface area contributed by atoms with Crippen LogP contribution in [-0.2, 0) is 0 Å². The molecule has 0 aromatic carbocycles. The highest BCUT2D eigenvalue weighted by molar-refractivity contribution is 4.96. The summed E-state index contributed by atoms with van der Waals surface area (Å²) in [6.45, 7) is 4.07. The van der Waals surface area contributed by atoms with Gasteiger partial charge in [-0.3, -0.25) is 0 Å². The third-order valence-electron chi connectivity index (χ3n) is 5.69. The minimum Gasteiger partial charge on any atom is -0.306 e. The van der Waals surface area contributed by atoms with E-state index in [9.17, 15) is 0 Å². The van der Waals surface area contributed by atoms with E-state index in [0.29, 0.717) is 0 Å². The summed E-state index contributed by atoms with van der Waals surface area (Å²) < 4.78 is 0. The molecule has 2 aliphatic carbocycles. The van der Waals surface area contributed by atoms with Crippen molar-refractivity contribution in [1.29, 1.82) is 0 Å². The van der Waals surface area contributed by atoms with Crippen molar-refractivity contribution < 1.29 is 0 Å². The van der Waals surface area contributed by atoms with Gasteiger partial charge in [0, 0.05) is 12.6 Å². The number of rotatable bonds is 0. The van der Waals surface area contributed by atoms with E-state index in [2.05, 4.69) is 23.9 Å². The maximum Gasteiger partial charge on any atom is 0.00955 e. The summed E-state index contributed by atoms with van der Waals surface area (Å²) in [6.07, 6.45) is 10.5. The molecule has 0 N–H and O–H groups in total. The molecule has 2 heteroatoms. The Hall–Kier alpha value is -0.0800. The maximum atomic E-state index is 2.51. The van der Waals surface area contributed by atoms with Crippen LogP contribution in [0.2, 0.25) is 0 Å². The number of fused-ring (bicyclic) bond motifs is 2. The zero-order valence-electron chi connectivity index (χ0n) is 11.6. The molecular formula is C15H28N2. The van der Waals surface area contributed by atoms with Crippen molar-refractivity contribution in [3.63, 3.8) is 0 Å². The van der Waals surface area contributed by atoms with Crippen molar-refractivity contribution in [1.82, 2.24) is 9.80 Å². The van der Waals surface area contributed by atoms with Crippen LogP contribution in [0.15, 0.2) is 0 Å². The lowest BCUT2D eigenvalue weighted by Crippen LogP contribution is -2.30. The largest absolute Gasteiger partial charge is 0.306 e. The molecule has 0 amide bonds. The standard InChI is InChI=1S/C8H15N.C7H13N/c1-9-6-4-8(2-3-8)5-7-9;1-8-5-6-2-3-7(8)4-6/h2-7H2,1H3;6-7H,2-5H2,1H3. The molecule has 0 aromatic rings. The third-order valence-corrected chi connectivity index (χ3v) is 5.69. The smallest absolute Gasteiger partial charge is 0.00955 e. The molecule has 2 aliphatic heterocycles. The fraction of sp³-hybridized carbons (Fsp3) is 1.00. The van der Waals surface area contributed by atoms with E-state index in [1.54, 1.807) is 0 Å². The van der Waals surface area contributed by atoms with Crippen LogP contribution in [0.4, 0.5) is 0 Å². The van der Waals surface area contributed by atoms with Gasteiger partial charge in [-0.1, -0.05) is 0 Å². The fourth-order valence-corrected chi connectivity index (χ4v) is 3.94. The Morgan fingerprint density at radius 2 is 1.65 bits per heavy atom. The Morgan fingerprint density at radius 1 is 0.941 bits per heavy atom. The van der Waals surface area contributed by atoms with Crippen LogP contribution < -0.4 is 0 Å². The quantitative estimate of drug-likeness (QED) is 0.638. The van der Waals surface area contributed by atoms with Crippen molar-refractivity contribution in [2.75, 3.05) is 33.7 Å². The lowest BCUT2D eigenvalue weighted by Gasteiger charge is -2.28. The van der Waals surface area contributed by atoms with Gasteiger partial charge in [-0.05, 0) is 83.5 Å². The van der Waals surface area contributed by atoms with Gasteiger partial charge in [-0.2, -0.15) is 0 Å². The van der Waals surface area contributed by atoms with Crippen molar-refractivity contribution >= 4 is 0 Å². The third kappa shape index (κ3) is 2.68. The molecule has 2 atom stereocenters. The summed E-state index contributed by atoms with van der Waals surface area (Å²) in [7, 11) is 4.49. The molecule has 4 aliphatic rings. The monoisotopic (exact) mass is 236 g/mol. The second-order valence-electron chi connectivity index (χ2n) is 7.08. The van der Waals surface area contributed by atoms with Gasteiger partial charge in [0.2, 0.25) is 0 Å². The second kappa shape index (κ2) is 4.55. The molecule has 1 spiro atoms. The van der Waals surface area contributed by atoms with Crippen LogP contribution in [0, 0.1) is 11.3 Å². The first kappa shape index (κ1) is 12.0. The first-order chi connectivity index (χ1) is 8.17. The number of nitrogens with zero attached hydrogens (tertiary/aromatic N) is 2. The highest BCUT2D eigenvalue weighted by Gasteiger charge is 2.43. The van der Waals surface area contributed by atoms with E-state index < -0.39 is 0 Å². The fourth-order valence-electron chi connectivity index (χ4n) is 3.94. The van der Waals surface area contributed by atoms with E-state index in [1.807, 2.05) is 0 Å².